The van der Waals surface area contributed by atoms with Crippen LogP contribution in [-0.2, 0) is 0 Å². The summed E-state index contributed by atoms with van der Waals surface area (Å²) in [4.78, 5) is 9.97. The molecule has 0 aromatic heterocycles. The molecule has 0 aliphatic carbocycles. The first-order valence-electron chi connectivity index (χ1n) is 4.22. The monoisotopic (exact) mass is 277 g/mol. The first-order chi connectivity index (χ1) is 6.91. The molecule has 1 aromatic rings. The molecular weight excluding hydrogens is 269 g/mol. The van der Waals surface area contributed by atoms with Gasteiger partial charge in [-0.3, -0.25) is 10.1 Å². The minimum atomic E-state index is -0.676. The Hall–Kier alpha value is -1.17. The summed E-state index contributed by atoms with van der Waals surface area (Å²) in [7, 11) is 0. The molecule has 0 amide bonds. The number of ether oxygens (including phenoxy) is 1. The summed E-state index contributed by atoms with van der Waals surface area (Å²) >= 11 is 3.03. The maximum absolute atomic E-state index is 12.9. The molecule has 0 fully saturated rings. The maximum Gasteiger partial charge on any atom is 0.315 e. The van der Waals surface area contributed by atoms with Crippen molar-refractivity contribution in [3.63, 3.8) is 0 Å². The van der Waals surface area contributed by atoms with Crippen LogP contribution >= 0.6 is 15.9 Å². The predicted octanol–water partition coefficient (Wildman–Crippen LogP) is 3.28. The van der Waals surface area contributed by atoms with Crippen molar-refractivity contribution in [2.24, 2.45) is 0 Å². The number of halogens is 2. The molecule has 0 spiro atoms. The van der Waals surface area contributed by atoms with Crippen LogP contribution in [0.4, 0.5) is 10.1 Å². The molecule has 1 aromatic carbocycles. The molecule has 1 rings (SSSR count). The van der Waals surface area contributed by atoms with E-state index in [4.69, 9.17) is 4.74 Å². The second-order valence-electron chi connectivity index (χ2n) is 3.16. The van der Waals surface area contributed by atoms with Gasteiger partial charge in [0.15, 0.2) is 0 Å². The summed E-state index contributed by atoms with van der Waals surface area (Å²) in [6.45, 7) is 3.47. The number of rotatable bonds is 3. The Balaban J connectivity index is 3.27. The van der Waals surface area contributed by atoms with Crippen LogP contribution in [0, 0.1) is 15.9 Å². The Labute approximate surface area is 94.3 Å². The van der Waals surface area contributed by atoms with Gasteiger partial charge in [-0.2, -0.15) is 0 Å². The van der Waals surface area contributed by atoms with E-state index in [2.05, 4.69) is 15.9 Å². The largest absolute Gasteiger partial charge is 0.483 e. The van der Waals surface area contributed by atoms with E-state index in [9.17, 15) is 14.5 Å². The third-order valence-corrected chi connectivity index (χ3v) is 2.13. The van der Waals surface area contributed by atoms with Gasteiger partial charge in [0, 0.05) is 0 Å². The molecule has 0 aliphatic rings. The van der Waals surface area contributed by atoms with Crippen molar-refractivity contribution in [1.82, 2.24) is 0 Å². The van der Waals surface area contributed by atoms with Gasteiger partial charge in [0.2, 0.25) is 5.75 Å². The minimum Gasteiger partial charge on any atom is -0.483 e. The highest BCUT2D eigenvalue weighted by Gasteiger charge is 2.21. The molecule has 0 N–H and O–H groups in total. The van der Waals surface area contributed by atoms with E-state index >= 15 is 0 Å². The molecule has 0 radical (unpaired) electrons. The van der Waals surface area contributed by atoms with Crippen molar-refractivity contribution in [3.8, 4) is 5.75 Å². The van der Waals surface area contributed by atoms with Gasteiger partial charge in [-0.25, -0.2) is 4.39 Å². The molecule has 0 saturated heterocycles. The summed E-state index contributed by atoms with van der Waals surface area (Å²) in [5.74, 6) is -0.624. The summed E-state index contributed by atoms with van der Waals surface area (Å²) in [6, 6.07) is 1.97. The lowest BCUT2D eigenvalue weighted by atomic mass is 10.3. The van der Waals surface area contributed by atoms with Crippen molar-refractivity contribution in [1.29, 1.82) is 0 Å². The number of benzene rings is 1. The van der Waals surface area contributed by atoms with Gasteiger partial charge in [-0.05, 0) is 35.8 Å². The quantitative estimate of drug-likeness (QED) is 0.629. The fourth-order valence-corrected chi connectivity index (χ4v) is 1.55. The molecule has 0 heterocycles. The standard InChI is InChI=1S/C9H9BrFNO3/c1-5(2)15-9-7(10)3-6(11)4-8(9)12(13)14/h3-5H,1-2H3. The Kier molecular flexibility index (Phi) is 3.62. The number of hydrogen-bond acceptors (Lipinski definition) is 3. The Morgan fingerprint density at radius 3 is 2.60 bits per heavy atom. The Morgan fingerprint density at radius 2 is 2.13 bits per heavy atom. The van der Waals surface area contributed by atoms with Gasteiger partial charge in [0.25, 0.3) is 0 Å². The highest BCUT2D eigenvalue weighted by molar-refractivity contribution is 9.10. The van der Waals surface area contributed by atoms with Gasteiger partial charge >= 0.3 is 5.69 Å². The lowest BCUT2D eigenvalue weighted by Crippen LogP contribution is -2.08. The normalized spacial score (nSPS) is 10.5. The van der Waals surface area contributed by atoms with Crippen LogP contribution in [0.1, 0.15) is 13.8 Å². The molecular formula is C9H9BrFNO3. The van der Waals surface area contributed by atoms with Gasteiger partial charge < -0.3 is 4.74 Å². The summed E-state index contributed by atoms with van der Waals surface area (Å²) in [5.41, 5.74) is -0.379. The molecule has 0 saturated carbocycles. The summed E-state index contributed by atoms with van der Waals surface area (Å²) < 4.78 is 18.4. The molecule has 0 unspecified atom stereocenters. The van der Waals surface area contributed by atoms with E-state index in [0.29, 0.717) is 0 Å². The zero-order chi connectivity index (χ0) is 11.6. The molecule has 6 heteroatoms. The minimum absolute atomic E-state index is 0.0522. The smallest absolute Gasteiger partial charge is 0.315 e. The van der Waals surface area contributed by atoms with E-state index in [-0.39, 0.29) is 22.0 Å². The lowest BCUT2D eigenvalue weighted by Gasteiger charge is -2.11. The highest BCUT2D eigenvalue weighted by Crippen LogP contribution is 2.36. The van der Waals surface area contributed by atoms with Crippen molar-refractivity contribution in [3.05, 3.63) is 32.5 Å². The molecule has 82 valence electrons. The fourth-order valence-electron chi connectivity index (χ4n) is 1.03. The van der Waals surface area contributed by atoms with E-state index in [1.165, 1.54) is 0 Å². The van der Waals surface area contributed by atoms with E-state index in [1.807, 2.05) is 0 Å². The van der Waals surface area contributed by atoms with Crippen LogP contribution in [0.3, 0.4) is 0 Å². The summed E-state index contributed by atoms with van der Waals surface area (Å²) in [6.07, 6.45) is -0.217. The van der Waals surface area contributed by atoms with E-state index in [1.54, 1.807) is 13.8 Å². The Bertz CT molecular complexity index is 395. The lowest BCUT2D eigenvalue weighted by molar-refractivity contribution is -0.386. The number of hydrogen-bond donors (Lipinski definition) is 0. The number of nitro benzene ring substituents is 1. The van der Waals surface area contributed by atoms with Gasteiger partial charge in [0.1, 0.15) is 5.82 Å². The average molecular weight is 278 g/mol. The number of nitro groups is 1. The first-order valence-corrected chi connectivity index (χ1v) is 5.01. The second-order valence-corrected chi connectivity index (χ2v) is 4.01. The fraction of sp³-hybridized carbons (Fsp3) is 0.333. The third-order valence-electron chi connectivity index (χ3n) is 1.54. The molecule has 0 bridgehead atoms. The van der Waals surface area contributed by atoms with Crippen molar-refractivity contribution < 1.29 is 14.1 Å². The SMILES string of the molecule is CC(C)Oc1c(Br)cc(F)cc1[N+](=O)[O-]. The highest BCUT2D eigenvalue weighted by atomic mass is 79.9. The predicted molar refractivity (Wildman–Crippen MR) is 56.5 cm³/mol. The third kappa shape index (κ3) is 2.89. The van der Waals surface area contributed by atoms with Crippen molar-refractivity contribution in [2.75, 3.05) is 0 Å². The molecule has 0 atom stereocenters. The zero-order valence-electron chi connectivity index (χ0n) is 8.16. The van der Waals surface area contributed by atoms with Gasteiger partial charge in [0.05, 0.1) is 21.6 Å². The van der Waals surface area contributed by atoms with E-state index in [0.717, 1.165) is 12.1 Å². The molecule has 0 aliphatic heterocycles. The van der Waals surface area contributed by atoms with Crippen LogP contribution in [0.2, 0.25) is 0 Å². The van der Waals surface area contributed by atoms with Crippen molar-refractivity contribution in [2.45, 2.75) is 20.0 Å². The topological polar surface area (TPSA) is 52.4 Å². The summed E-state index contributed by atoms with van der Waals surface area (Å²) in [5, 5.41) is 10.6. The van der Waals surface area contributed by atoms with Gasteiger partial charge in [-0.1, -0.05) is 0 Å². The molecule has 15 heavy (non-hydrogen) atoms. The molecule has 4 nitrogen and oxygen atoms in total. The van der Waals surface area contributed by atoms with Crippen LogP contribution in [0.15, 0.2) is 16.6 Å². The number of nitrogens with zero attached hydrogens (tertiary/aromatic N) is 1. The maximum atomic E-state index is 12.9. The van der Waals surface area contributed by atoms with Gasteiger partial charge in [-0.15, -0.1) is 0 Å². The van der Waals surface area contributed by atoms with Crippen LogP contribution in [-0.4, -0.2) is 11.0 Å². The average Bonchev–Trinajstić information content (AvgIpc) is 2.08. The van der Waals surface area contributed by atoms with E-state index < -0.39 is 10.7 Å². The van der Waals surface area contributed by atoms with Crippen LogP contribution in [0.5, 0.6) is 5.75 Å². The van der Waals surface area contributed by atoms with Crippen molar-refractivity contribution >= 4 is 21.6 Å². The second kappa shape index (κ2) is 4.57. The zero-order valence-corrected chi connectivity index (χ0v) is 9.75. The first kappa shape index (κ1) is 11.9. The van der Waals surface area contributed by atoms with Crippen LogP contribution in [0.25, 0.3) is 0 Å². The van der Waals surface area contributed by atoms with Crippen LogP contribution < -0.4 is 4.74 Å². The Morgan fingerprint density at radius 1 is 1.53 bits per heavy atom.